The third kappa shape index (κ3) is 3.86. The average molecular weight is 564 g/mol. The number of phenolic OH excluding ortho intramolecular Hbond substituents is 1. The van der Waals surface area contributed by atoms with E-state index in [0.717, 1.165) is 22.8 Å². The van der Waals surface area contributed by atoms with Gasteiger partial charge in [0, 0.05) is 0 Å². The highest BCUT2D eigenvalue weighted by Gasteiger charge is 2.14. The van der Waals surface area contributed by atoms with Crippen LogP contribution in [0.2, 0.25) is 0 Å². The van der Waals surface area contributed by atoms with Crippen LogP contribution >= 0.6 is 56.9 Å². The molecule has 0 atom stereocenters. The zero-order chi connectivity index (χ0) is 17.3. The average Bonchev–Trinajstić information content (AvgIpc) is 2.94. The molecule has 0 aliphatic rings. The Morgan fingerprint density at radius 3 is 2.50 bits per heavy atom. The quantitative estimate of drug-likeness (QED) is 0.243. The van der Waals surface area contributed by atoms with Crippen LogP contribution < -0.4 is 0 Å². The minimum Gasteiger partial charge on any atom is -0.506 e. The molecular formula is C16H10I2N2O3S. The molecule has 2 aromatic carbocycles. The maximum absolute atomic E-state index is 11.6. The third-order valence-corrected chi connectivity index (χ3v) is 5.67. The predicted molar refractivity (Wildman–Crippen MR) is 111 cm³/mol. The van der Waals surface area contributed by atoms with Gasteiger partial charge in [-0.1, -0.05) is 12.1 Å². The molecule has 0 aliphatic heterocycles. The highest BCUT2D eigenvalue weighted by molar-refractivity contribution is 14.1. The number of aromatic amines is 1. The summed E-state index contributed by atoms with van der Waals surface area (Å²) in [7, 11) is 0. The summed E-state index contributed by atoms with van der Waals surface area (Å²) in [6, 6.07) is 11.0. The Hall–Kier alpha value is -1.27. The number of H-pyrrole nitrogens is 1. The Labute approximate surface area is 168 Å². The van der Waals surface area contributed by atoms with Crippen LogP contribution in [0.5, 0.6) is 5.75 Å². The van der Waals surface area contributed by atoms with Crippen molar-refractivity contribution in [2.75, 3.05) is 0 Å². The smallest absolute Gasteiger partial charge is 0.342 e. The van der Waals surface area contributed by atoms with Crippen molar-refractivity contribution in [2.45, 2.75) is 5.16 Å². The molecule has 0 radical (unpaired) electrons. The molecule has 0 bridgehead atoms. The molecule has 0 aliphatic carbocycles. The third-order valence-electron chi connectivity index (χ3n) is 3.12. The van der Waals surface area contributed by atoms with Gasteiger partial charge < -0.3 is 15.2 Å². The number of rotatable bonds is 4. The van der Waals surface area contributed by atoms with E-state index in [1.807, 2.05) is 69.4 Å². The Bertz CT molecular complexity index is 913. The Morgan fingerprint density at radius 2 is 1.88 bits per heavy atom. The fourth-order valence-electron chi connectivity index (χ4n) is 2.04. The first-order valence-corrected chi connectivity index (χ1v) is 9.67. The molecule has 122 valence electrons. The number of carboxylic acid groups (broad SMARTS) is 1. The number of halogens is 2. The Balaban J connectivity index is 1.96. The van der Waals surface area contributed by atoms with Gasteiger partial charge in [0.25, 0.3) is 0 Å². The number of fused-ring (bicyclic) bond motifs is 1. The summed E-state index contributed by atoms with van der Waals surface area (Å²) in [5, 5.41) is 19.8. The van der Waals surface area contributed by atoms with E-state index in [0.29, 0.717) is 17.9 Å². The van der Waals surface area contributed by atoms with E-state index in [4.69, 9.17) is 0 Å². The monoisotopic (exact) mass is 564 g/mol. The van der Waals surface area contributed by atoms with Crippen LogP contribution in [0.1, 0.15) is 5.56 Å². The maximum atomic E-state index is 11.6. The number of nitrogens with zero attached hydrogens (tertiary/aromatic N) is 1. The first-order valence-electron chi connectivity index (χ1n) is 6.69. The number of carbonyl (C=O) groups is 1. The van der Waals surface area contributed by atoms with E-state index >= 15 is 0 Å². The molecule has 3 N–H and O–H groups in total. The van der Waals surface area contributed by atoms with Crippen LogP contribution in [-0.4, -0.2) is 26.2 Å². The minimum atomic E-state index is -1.03. The number of aromatic hydroxyl groups is 1. The maximum Gasteiger partial charge on any atom is 0.342 e. The summed E-state index contributed by atoms with van der Waals surface area (Å²) in [6.07, 6.45) is 1.57. The molecular weight excluding hydrogens is 554 g/mol. The summed E-state index contributed by atoms with van der Waals surface area (Å²) in [5.74, 6) is -0.825. The topological polar surface area (TPSA) is 86.2 Å². The highest BCUT2D eigenvalue weighted by atomic mass is 127. The van der Waals surface area contributed by atoms with Crippen molar-refractivity contribution in [1.82, 2.24) is 9.97 Å². The van der Waals surface area contributed by atoms with Crippen LogP contribution in [0.4, 0.5) is 0 Å². The van der Waals surface area contributed by atoms with Gasteiger partial charge in [0.15, 0.2) is 5.16 Å². The number of benzene rings is 2. The highest BCUT2D eigenvalue weighted by Crippen LogP contribution is 2.31. The summed E-state index contributed by atoms with van der Waals surface area (Å²) >= 11 is 5.09. The summed E-state index contributed by atoms with van der Waals surface area (Å²) in [4.78, 5) is 19.2. The number of phenols is 1. The number of para-hydroxylation sites is 2. The van der Waals surface area contributed by atoms with Crippen LogP contribution in [0.25, 0.3) is 17.1 Å². The lowest BCUT2D eigenvalue weighted by Gasteiger charge is -2.04. The minimum absolute atomic E-state index is 0.145. The van der Waals surface area contributed by atoms with Crippen LogP contribution in [0.15, 0.2) is 46.5 Å². The summed E-state index contributed by atoms with van der Waals surface area (Å²) < 4.78 is 1.34. The summed E-state index contributed by atoms with van der Waals surface area (Å²) in [5.41, 5.74) is 2.36. The first kappa shape index (κ1) is 17.5. The standard InChI is InChI=1S/C16H10I2N2O3S/c17-9-5-8(6-10(18)14(9)21)7-13(15(22)23)24-16-19-11-3-1-2-4-12(11)20-16/h1-7,21H,(H,19,20)(H,22,23)/b13-7-. The van der Waals surface area contributed by atoms with E-state index in [1.54, 1.807) is 18.2 Å². The van der Waals surface area contributed by atoms with E-state index < -0.39 is 5.97 Å². The van der Waals surface area contributed by atoms with Crippen molar-refractivity contribution in [2.24, 2.45) is 0 Å². The zero-order valence-corrected chi connectivity index (χ0v) is 17.1. The van der Waals surface area contributed by atoms with Gasteiger partial charge in [-0.05, 0) is 92.8 Å². The van der Waals surface area contributed by atoms with Crippen molar-refractivity contribution in [3.8, 4) is 5.75 Å². The number of nitrogens with one attached hydrogen (secondary N) is 1. The summed E-state index contributed by atoms with van der Waals surface area (Å²) in [6.45, 7) is 0. The Morgan fingerprint density at radius 1 is 1.21 bits per heavy atom. The zero-order valence-electron chi connectivity index (χ0n) is 12.0. The van der Waals surface area contributed by atoms with Crippen LogP contribution in [0.3, 0.4) is 0 Å². The lowest BCUT2D eigenvalue weighted by molar-refractivity contribution is -0.131. The molecule has 1 heterocycles. The normalized spacial score (nSPS) is 11.8. The number of aliphatic carboxylic acids is 1. The molecule has 0 amide bonds. The molecule has 24 heavy (non-hydrogen) atoms. The van der Waals surface area contributed by atoms with Crippen molar-refractivity contribution in [3.63, 3.8) is 0 Å². The van der Waals surface area contributed by atoms with E-state index in [1.165, 1.54) is 0 Å². The fraction of sp³-hybridized carbons (Fsp3) is 0. The number of carboxylic acids is 1. The number of thioether (sulfide) groups is 1. The van der Waals surface area contributed by atoms with Gasteiger partial charge in [-0.3, -0.25) is 0 Å². The molecule has 5 nitrogen and oxygen atoms in total. The molecule has 0 fully saturated rings. The van der Waals surface area contributed by atoms with Crippen LogP contribution in [-0.2, 0) is 4.79 Å². The van der Waals surface area contributed by atoms with Crippen molar-refractivity contribution >= 4 is 80.0 Å². The van der Waals surface area contributed by atoms with E-state index in [-0.39, 0.29) is 10.7 Å². The lowest BCUT2D eigenvalue weighted by atomic mass is 10.2. The molecule has 0 saturated heterocycles. The second kappa shape index (κ2) is 7.31. The van der Waals surface area contributed by atoms with Gasteiger partial charge in [-0.2, -0.15) is 0 Å². The lowest BCUT2D eigenvalue weighted by Crippen LogP contribution is -1.97. The molecule has 0 unspecified atom stereocenters. The molecule has 0 saturated carbocycles. The number of hydrogen-bond acceptors (Lipinski definition) is 4. The molecule has 8 heteroatoms. The van der Waals surface area contributed by atoms with Gasteiger partial charge in [0.2, 0.25) is 0 Å². The SMILES string of the molecule is O=C(O)/C(=C/c1cc(I)c(O)c(I)c1)Sc1nc2ccccc2[nH]1. The second-order valence-electron chi connectivity index (χ2n) is 4.81. The van der Waals surface area contributed by atoms with Gasteiger partial charge in [0.05, 0.1) is 18.2 Å². The van der Waals surface area contributed by atoms with E-state index in [9.17, 15) is 15.0 Å². The van der Waals surface area contributed by atoms with E-state index in [2.05, 4.69) is 9.97 Å². The Kier molecular flexibility index (Phi) is 5.35. The van der Waals surface area contributed by atoms with Gasteiger partial charge in [-0.25, -0.2) is 9.78 Å². The first-order chi connectivity index (χ1) is 11.4. The largest absolute Gasteiger partial charge is 0.506 e. The molecule has 3 rings (SSSR count). The molecule has 3 aromatic rings. The number of hydrogen-bond donors (Lipinski definition) is 3. The van der Waals surface area contributed by atoms with Crippen LogP contribution in [0, 0.1) is 7.14 Å². The predicted octanol–water partition coefficient (Wildman–Crippen LogP) is 4.70. The second-order valence-corrected chi connectivity index (χ2v) is 8.16. The van der Waals surface area contributed by atoms with Crippen molar-refractivity contribution in [1.29, 1.82) is 0 Å². The fourth-order valence-corrected chi connectivity index (χ4v) is 4.65. The molecule has 0 spiro atoms. The number of imidazole rings is 1. The van der Waals surface area contributed by atoms with Crippen molar-refractivity contribution < 1.29 is 15.0 Å². The van der Waals surface area contributed by atoms with Gasteiger partial charge in [0.1, 0.15) is 10.7 Å². The van der Waals surface area contributed by atoms with Crippen molar-refractivity contribution in [3.05, 3.63) is 54.0 Å². The molecule has 1 aromatic heterocycles. The number of aromatic nitrogens is 2. The van der Waals surface area contributed by atoms with Gasteiger partial charge >= 0.3 is 5.97 Å². The van der Waals surface area contributed by atoms with Gasteiger partial charge in [-0.15, -0.1) is 0 Å².